The first kappa shape index (κ1) is 13.6. The van der Waals surface area contributed by atoms with Crippen LogP contribution < -0.4 is 5.73 Å². The molecule has 2 aromatic rings. The third kappa shape index (κ3) is 3.15. The number of aryl methyl sites for hydroxylation is 2. The minimum Gasteiger partial charge on any atom is -0.508 e. The van der Waals surface area contributed by atoms with Gasteiger partial charge in [0, 0.05) is 5.54 Å². The van der Waals surface area contributed by atoms with Crippen molar-refractivity contribution in [3.63, 3.8) is 0 Å². The fourth-order valence-electron chi connectivity index (χ4n) is 2.48. The van der Waals surface area contributed by atoms with Gasteiger partial charge >= 0.3 is 0 Å². The summed E-state index contributed by atoms with van der Waals surface area (Å²) >= 11 is 0. The summed E-state index contributed by atoms with van der Waals surface area (Å²) in [6, 6.07) is 13.6. The summed E-state index contributed by atoms with van der Waals surface area (Å²) in [6.07, 6.45) is 0.748. The van der Waals surface area contributed by atoms with Crippen LogP contribution in [0.2, 0.25) is 0 Å². The summed E-state index contributed by atoms with van der Waals surface area (Å²) in [7, 11) is 0. The first-order valence-electron chi connectivity index (χ1n) is 6.53. The van der Waals surface area contributed by atoms with Crippen LogP contribution in [-0.2, 0) is 12.0 Å². The van der Waals surface area contributed by atoms with Crippen molar-refractivity contribution in [2.24, 2.45) is 5.73 Å². The molecule has 2 rings (SSSR count). The molecule has 100 valence electrons. The predicted molar refractivity (Wildman–Crippen MR) is 79.3 cm³/mol. The molecule has 0 aliphatic rings. The van der Waals surface area contributed by atoms with Gasteiger partial charge in [0.25, 0.3) is 0 Å². The van der Waals surface area contributed by atoms with Gasteiger partial charge in [-0.3, -0.25) is 0 Å². The summed E-state index contributed by atoms with van der Waals surface area (Å²) < 4.78 is 0. The van der Waals surface area contributed by atoms with E-state index in [1.54, 1.807) is 12.1 Å². The summed E-state index contributed by atoms with van der Waals surface area (Å²) in [6.45, 7) is 6.23. The zero-order valence-electron chi connectivity index (χ0n) is 11.8. The van der Waals surface area contributed by atoms with Crippen LogP contribution in [0.5, 0.6) is 5.75 Å². The van der Waals surface area contributed by atoms with E-state index in [4.69, 9.17) is 5.73 Å². The molecule has 0 radical (unpaired) electrons. The van der Waals surface area contributed by atoms with Crippen molar-refractivity contribution in [1.82, 2.24) is 0 Å². The van der Waals surface area contributed by atoms with Crippen LogP contribution in [-0.4, -0.2) is 5.11 Å². The van der Waals surface area contributed by atoms with Crippen LogP contribution in [0.3, 0.4) is 0 Å². The maximum Gasteiger partial charge on any atom is 0.115 e. The molecule has 0 aromatic heterocycles. The molecule has 0 heterocycles. The second kappa shape index (κ2) is 5.06. The van der Waals surface area contributed by atoms with Crippen LogP contribution in [0.4, 0.5) is 0 Å². The third-order valence-electron chi connectivity index (χ3n) is 3.52. The Hall–Kier alpha value is -1.80. The largest absolute Gasteiger partial charge is 0.508 e. The van der Waals surface area contributed by atoms with E-state index in [1.807, 2.05) is 12.1 Å². The molecule has 0 fully saturated rings. The zero-order valence-corrected chi connectivity index (χ0v) is 11.8. The van der Waals surface area contributed by atoms with Crippen LogP contribution in [0.15, 0.2) is 42.5 Å². The number of nitrogens with two attached hydrogens (primary N) is 1. The highest BCUT2D eigenvalue weighted by molar-refractivity contribution is 5.37. The normalized spacial score (nSPS) is 14.1. The van der Waals surface area contributed by atoms with Crippen LogP contribution in [0.25, 0.3) is 0 Å². The van der Waals surface area contributed by atoms with Crippen molar-refractivity contribution < 1.29 is 5.11 Å². The second-order valence-corrected chi connectivity index (χ2v) is 5.58. The molecule has 3 N–H and O–H groups in total. The van der Waals surface area contributed by atoms with Gasteiger partial charge in [-0.2, -0.15) is 0 Å². The molecular formula is C17H21NO. The van der Waals surface area contributed by atoms with Crippen molar-refractivity contribution in [3.8, 4) is 5.75 Å². The van der Waals surface area contributed by atoms with E-state index in [2.05, 4.69) is 39.0 Å². The topological polar surface area (TPSA) is 46.2 Å². The first-order chi connectivity index (χ1) is 8.88. The Morgan fingerprint density at radius 2 is 1.68 bits per heavy atom. The number of phenols is 1. The quantitative estimate of drug-likeness (QED) is 0.882. The van der Waals surface area contributed by atoms with Gasteiger partial charge in [-0.15, -0.1) is 0 Å². The molecule has 2 nitrogen and oxygen atoms in total. The Morgan fingerprint density at radius 1 is 1.05 bits per heavy atom. The lowest BCUT2D eigenvalue weighted by atomic mass is 9.83. The minimum absolute atomic E-state index is 0.286. The average molecular weight is 255 g/mol. The number of aromatic hydroxyl groups is 1. The Morgan fingerprint density at radius 3 is 2.32 bits per heavy atom. The van der Waals surface area contributed by atoms with E-state index in [1.165, 1.54) is 16.7 Å². The molecule has 1 unspecified atom stereocenters. The molecule has 2 heteroatoms. The van der Waals surface area contributed by atoms with Crippen LogP contribution in [0, 0.1) is 13.8 Å². The fourth-order valence-corrected chi connectivity index (χ4v) is 2.48. The molecule has 0 saturated heterocycles. The molecule has 0 amide bonds. The third-order valence-corrected chi connectivity index (χ3v) is 3.52. The Balaban J connectivity index is 2.31. The number of hydrogen-bond acceptors (Lipinski definition) is 2. The van der Waals surface area contributed by atoms with E-state index in [9.17, 15) is 5.11 Å². The van der Waals surface area contributed by atoms with E-state index in [-0.39, 0.29) is 5.75 Å². The van der Waals surface area contributed by atoms with Crippen molar-refractivity contribution >= 4 is 0 Å². The first-order valence-corrected chi connectivity index (χ1v) is 6.53. The van der Waals surface area contributed by atoms with Gasteiger partial charge in [0.15, 0.2) is 0 Å². The maximum atomic E-state index is 9.32. The minimum atomic E-state index is -0.410. The summed E-state index contributed by atoms with van der Waals surface area (Å²) in [5.74, 6) is 0.286. The Kier molecular flexibility index (Phi) is 3.63. The summed E-state index contributed by atoms with van der Waals surface area (Å²) in [5.41, 5.74) is 10.9. The highest BCUT2D eigenvalue weighted by atomic mass is 16.3. The fraction of sp³-hybridized carbons (Fsp3) is 0.294. The van der Waals surface area contributed by atoms with Gasteiger partial charge in [0.2, 0.25) is 0 Å². The number of phenolic OH excluding ortho intramolecular Hbond substituents is 1. The highest BCUT2D eigenvalue weighted by Gasteiger charge is 2.23. The number of benzene rings is 2. The smallest absolute Gasteiger partial charge is 0.115 e. The average Bonchev–Trinajstić information content (AvgIpc) is 2.35. The lowest BCUT2D eigenvalue weighted by molar-refractivity contribution is 0.471. The standard InChI is InChI=1S/C17H21NO/c1-12-4-5-13(2)16(10-12)17(3,18)11-14-6-8-15(19)9-7-14/h4-10,19H,11,18H2,1-3H3. The lowest BCUT2D eigenvalue weighted by Crippen LogP contribution is -2.36. The molecule has 0 aliphatic carbocycles. The second-order valence-electron chi connectivity index (χ2n) is 5.58. The molecule has 0 saturated carbocycles. The number of hydrogen-bond donors (Lipinski definition) is 2. The monoisotopic (exact) mass is 255 g/mol. The molecule has 2 aromatic carbocycles. The highest BCUT2D eigenvalue weighted by Crippen LogP contribution is 2.27. The van der Waals surface area contributed by atoms with Gasteiger partial charge in [-0.05, 0) is 56.0 Å². The molecule has 0 spiro atoms. The van der Waals surface area contributed by atoms with Crippen molar-refractivity contribution in [2.45, 2.75) is 32.7 Å². The zero-order chi connectivity index (χ0) is 14.0. The Labute approximate surface area is 114 Å². The molecule has 0 bridgehead atoms. The van der Waals surface area contributed by atoms with Crippen molar-refractivity contribution in [1.29, 1.82) is 0 Å². The maximum absolute atomic E-state index is 9.32. The van der Waals surface area contributed by atoms with Gasteiger partial charge < -0.3 is 10.8 Å². The molecule has 19 heavy (non-hydrogen) atoms. The van der Waals surface area contributed by atoms with Crippen molar-refractivity contribution in [3.05, 3.63) is 64.7 Å². The lowest BCUT2D eigenvalue weighted by Gasteiger charge is -2.27. The van der Waals surface area contributed by atoms with E-state index in [0.717, 1.165) is 12.0 Å². The predicted octanol–water partition coefficient (Wildman–Crippen LogP) is 3.43. The summed E-state index contributed by atoms with van der Waals surface area (Å²) in [5, 5.41) is 9.32. The number of rotatable bonds is 3. The van der Waals surface area contributed by atoms with Crippen LogP contribution in [0.1, 0.15) is 29.2 Å². The summed E-state index contributed by atoms with van der Waals surface area (Å²) in [4.78, 5) is 0. The van der Waals surface area contributed by atoms with E-state index < -0.39 is 5.54 Å². The van der Waals surface area contributed by atoms with Crippen molar-refractivity contribution in [2.75, 3.05) is 0 Å². The van der Waals surface area contributed by atoms with Gasteiger partial charge in [0.05, 0.1) is 0 Å². The van der Waals surface area contributed by atoms with Crippen LogP contribution >= 0.6 is 0 Å². The Bertz CT molecular complexity index is 570. The molecule has 1 atom stereocenters. The molecule has 0 aliphatic heterocycles. The van der Waals surface area contributed by atoms with E-state index >= 15 is 0 Å². The van der Waals surface area contributed by atoms with Gasteiger partial charge in [0.1, 0.15) is 5.75 Å². The van der Waals surface area contributed by atoms with Gasteiger partial charge in [-0.25, -0.2) is 0 Å². The van der Waals surface area contributed by atoms with Gasteiger partial charge in [-0.1, -0.05) is 35.9 Å². The molecular weight excluding hydrogens is 234 g/mol. The van der Waals surface area contributed by atoms with E-state index in [0.29, 0.717) is 0 Å². The SMILES string of the molecule is Cc1ccc(C)c(C(C)(N)Cc2ccc(O)cc2)c1.